The molecule has 0 amide bonds. The largest absolute Gasteiger partial charge is 1.00 e. The Hall–Kier alpha value is -2.28. The molecule has 0 saturated heterocycles. The van der Waals surface area contributed by atoms with Crippen LogP contribution in [0.5, 0.6) is 0 Å². The van der Waals surface area contributed by atoms with Gasteiger partial charge in [-0.15, -0.1) is 0 Å². The molecule has 0 aliphatic heterocycles. The summed E-state index contributed by atoms with van der Waals surface area (Å²) >= 11 is 0. The Morgan fingerprint density at radius 1 is 0.857 bits per heavy atom. The van der Waals surface area contributed by atoms with Crippen molar-refractivity contribution in [1.29, 1.82) is 0 Å². The van der Waals surface area contributed by atoms with Crippen molar-refractivity contribution in [2.24, 2.45) is 0 Å². The Morgan fingerprint density at radius 3 is 1.24 bits per heavy atom. The zero-order valence-electron chi connectivity index (χ0n) is 11.1. The Labute approximate surface area is 138 Å². The van der Waals surface area contributed by atoms with Crippen molar-refractivity contribution in [3.63, 3.8) is 0 Å². The van der Waals surface area contributed by atoms with Crippen molar-refractivity contribution in [3.05, 3.63) is 88.7 Å². The first-order valence-electron chi connectivity index (χ1n) is 5.46. The summed E-state index contributed by atoms with van der Waals surface area (Å²) in [6.07, 6.45) is 10.6. The topological polar surface area (TPSA) is 92.0 Å². The maximum absolute atomic E-state index is 8.25. The van der Waals surface area contributed by atoms with Gasteiger partial charge in [-0.2, -0.15) is 0 Å². The Morgan fingerprint density at radius 2 is 1.10 bits per heavy atom. The summed E-state index contributed by atoms with van der Waals surface area (Å²) in [5, 5.41) is 14.8. The fraction of sp³-hybridized carbons (Fsp3) is 0. The van der Waals surface area contributed by atoms with Crippen LogP contribution < -0.4 is 0 Å². The van der Waals surface area contributed by atoms with Gasteiger partial charge in [0, 0.05) is 24.8 Å². The summed E-state index contributed by atoms with van der Waals surface area (Å²) in [6, 6.07) is 7.64. The van der Waals surface area contributed by atoms with Crippen LogP contribution in [0.3, 0.4) is 0 Å². The summed E-state index contributed by atoms with van der Waals surface area (Å²) in [5.41, 5.74) is 2.22. The molecule has 0 saturated carbocycles. The van der Waals surface area contributed by atoms with Crippen LogP contribution in [-0.4, -0.2) is 15.1 Å². The number of rotatable bonds is 2. The second-order valence-corrected chi connectivity index (χ2v) is 3.19. The van der Waals surface area contributed by atoms with E-state index in [4.69, 9.17) is 15.3 Å². The minimum absolute atomic E-state index is 0. The van der Waals surface area contributed by atoms with E-state index in [1.807, 2.05) is 24.3 Å². The molecule has 2 heterocycles. The first-order chi connectivity index (χ1) is 9.60. The molecule has 0 bridgehead atoms. The van der Waals surface area contributed by atoms with E-state index in [1.165, 1.54) is 0 Å². The van der Waals surface area contributed by atoms with Gasteiger partial charge in [0.15, 0.2) is 0 Å². The van der Waals surface area contributed by atoms with Crippen molar-refractivity contribution in [3.8, 4) is 0 Å². The van der Waals surface area contributed by atoms with Gasteiger partial charge in [-0.25, -0.2) is 0 Å². The monoisotopic (exact) mass is 379 g/mol. The van der Waals surface area contributed by atoms with Crippen LogP contribution in [-0.2, 0) is 22.4 Å². The van der Waals surface area contributed by atoms with E-state index in [9.17, 15) is 0 Å². The molecule has 2 aromatic rings. The van der Waals surface area contributed by atoms with Gasteiger partial charge in [0.25, 0.3) is 0 Å². The second-order valence-electron chi connectivity index (χ2n) is 3.19. The van der Waals surface area contributed by atoms with Crippen molar-refractivity contribution in [1.82, 2.24) is 9.97 Å². The van der Waals surface area contributed by atoms with Crippen molar-refractivity contribution in [2.75, 3.05) is 0 Å². The van der Waals surface area contributed by atoms with Crippen LogP contribution >= 0.6 is 0 Å². The molecule has 0 aliphatic rings. The Kier molecular flexibility index (Phi) is 14.2. The van der Waals surface area contributed by atoms with Gasteiger partial charge < -0.3 is 15.3 Å². The predicted molar refractivity (Wildman–Crippen MR) is 79.0 cm³/mol. The Balaban J connectivity index is 0. The van der Waals surface area contributed by atoms with Gasteiger partial charge in [0.1, 0.15) is 0 Å². The summed E-state index contributed by atoms with van der Waals surface area (Å²) in [6.45, 7) is 7.21. The first kappa shape index (κ1) is 21.0. The van der Waals surface area contributed by atoms with Gasteiger partial charge in [-0.3, -0.25) is 9.97 Å². The van der Waals surface area contributed by atoms with E-state index in [0.29, 0.717) is 0 Å². The molecule has 21 heavy (non-hydrogen) atoms. The molecule has 0 aromatic carbocycles. The molecular formula is C14H14AgN3O3. The van der Waals surface area contributed by atoms with Gasteiger partial charge in [-0.05, 0) is 35.4 Å². The minimum atomic E-state index is -1.75. The number of pyridine rings is 2. The Bertz CT molecular complexity index is 474. The fourth-order valence-corrected chi connectivity index (χ4v) is 0.999. The quantitative estimate of drug-likeness (QED) is 0.453. The van der Waals surface area contributed by atoms with E-state index in [2.05, 4.69) is 23.1 Å². The molecule has 0 unspecified atom stereocenters. The van der Waals surface area contributed by atoms with E-state index >= 15 is 0 Å². The average molecular weight is 380 g/mol. The molecule has 0 aliphatic carbocycles. The maximum atomic E-state index is 8.25. The van der Waals surface area contributed by atoms with E-state index in [0.717, 1.165) is 11.1 Å². The van der Waals surface area contributed by atoms with E-state index in [1.54, 1.807) is 36.9 Å². The molecule has 0 N–H and O–H groups in total. The molecule has 0 atom stereocenters. The van der Waals surface area contributed by atoms with Gasteiger partial charge in [0.2, 0.25) is 0 Å². The molecule has 0 spiro atoms. The summed E-state index contributed by atoms with van der Waals surface area (Å²) < 4.78 is 0. The SMILES string of the molecule is C=Cc1ccncc1.C=Cc1ccncc1.O=[N+]([O-])[O-].[Ag+]. The van der Waals surface area contributed by atoms with Crippen LogP contribution in [0.1, 0.15) is 11.1 Å². The van der Waals surface area contributed by atoms with E-state index in [-0.39, 0.29) is 22.4 Å². The number of aromatic nitrogens is 2. The summed E-state index contributed by atoms with van der Waals surface area (Å²) in [7, 11) is 0. The van der Waals surface area contributed by atoms with Crippen LogP contribution in [0.25, 0.3) is 12.2 Å². The van der Waals surface area contributed by atoms with E-state index < -0.39 is 5.09 Å². The summed E-state index contributed by atoms with van der Waals surface area (Å²) in [5.74, 6) is 0. The van der Waals surface area contributed by atoms with Gasteiger partial charge in [-0.1, -0.05) is 25.3 Å². The molecule has 2 rings (SSSR count). The standard InChI is InChI=1S/2C7H7N.Ag.NO3/c2*1-2-7-3-5-8-6-4-7;;2-1(3)4/h2*2-6H,1H2;;/q;;+1;-1. The first-order valence-corrected chi connectivity index (χ1v) is 5.46. The van der Waals surface area contributed by atoms with Crippen molar-refractivity contribution >= 4 is 12.2 Å². The third-order valence-electron chi connectivity index (χ3n) is 1.88. The zero-order chi connectivity index (χ0) is 15.2. The van der Waals surface area contributed by atoms with Crippen molar-refractivity contribution in [2.45, 2.75) is 0 Å². The molecular weight excluding hydrogens is 366 g/mol. The van der Waals surface area contributed by atoms with Crippen LogP contribution in [0.2, 0.25) is 0 Å². The molecule has 7 heteroatoms. The maximum Gasteiger partial charge on any atom is 1.00 e. The number of hydrogen-bond donors (Lipinski definition) is 0. The predicted octanol–water partition coefficient (Wildman–Crippen LogP) is 3.21. The summed E-state index contributed by atoms with van der Waals surface area (Å²) in [4.78, 5) is 15.9. The fourth-order valence-electron chi connectivity index (χ4n) is 0.999. The zero-order valence-corrected chi connectivity index (χ0v) is 12.5. The van der Waals surface area contributed by atoms with Gasteiger partial charge in [0.05, 0.1) is 5.09 Å². The molecule has 6 nitrogen and oxygen atoms in total. The molecule has 0 radical (unpaired) electrons. The number of hydrogen-bond acceptors (Lipinski definition) is 5. The number of nitrogens with zero attached hydrogens (tertiary/aromatic N) is 3. The van der Waals surface area contributed by atoms with Crippen LogP contribution in [0.4, 0.5) is 0 Å². The molecule has 114 valence electrons. The average Bonchev–Trinajstić information content (AvgIpc) is 2.49. The van der Waals surface area contributed by atoms with Gasteiger partial charge >= 0.3 is 22.4 Å². The third-order valence-corrected chi connectivity index (χ3v) is 1.88. The smallest absolute Gasteiger partial charge is 0.356 e. The van der Waals surface area contributed by atoms with Crippen molar-refractivity contribution < 1.29 is 27.5 Å². The molecule has 2 aromatic heterocycles. The van der Waals surface area contributed by atoms with Crippen LogP contribution in [0, 0.1) is 15.3 Å². The minimum Gasteiger partial charge on any atom is -0.356 e. The third kappa shape index (κ3) is 13.9. The van der Waals surface area contributed by atoms with Crippen LogP contribution in [0.15, 0.2) is 62.2 Å². The second kappa shape index (κ2) is 14.1. The molecule has 0 fully saturated rings. The normalized spacial score (nSPS) is 7.62.